The molecule has 1 unspecified atom stereocenters. The molecule has 28 heavy (non-hydrogen) atoms. The molecule has 1 fully saturated rings. The van der Waals surface area contributed by atoms with Crippen LogP contribution in [0.25, 0.3) is 0 Å². The van der Waals surface area contributed by atoms with Gasteiger partial charge in [-0.2, -0.15) is 0 Å². The normalized spacial score (nSPS) is 16.4. The molecule has 0 saturated carbocycles. The summed E-state index contributed by atoms with van der Waals surface area (Å²) in [5.41, 5.74) is 4.76. The molecule has 0 spiro atoms. The molecule has 2 rings (SSSR count). The van der Waals surface area contributed by atoms with Crippen LogP contribution in [-0.4, -0.2) is 61.6 Å². The Morgan fingerprint density at radius 3 is 2.82 bits per heavy atom. The van der Waals surface area contributed by atoms with E-state index in [0.717, 1.165) is 19.4 Å². The molecule has 10 nitrogen and oxygen atoms in total. The van der Waals surface area contributed by atoms with Crippen molar-refractivity contribution in [3.05, 3.63) is 20.8 Å². The van der Waals surface area contributed by atoms with E-state index in [-0.39, 0.29) is 49.7 Å². The molecule has 0 bridgehead atoms. The number of amides is 1. The predicted molar refractivity (Wildman–Crippen MR) is 105 cm³/mol. The molecule has 3 N–H and O–H groups in total. The van der Waals surface area contributed by atoms with Crippen molar-refractivity contribution in [3.8, 4) is 0 Å². The van der Waals surface area contributed by atoms with E-state index in [2.05, 4.69) is 4.98 Å². The second-order valence-corrected chi connectivity index (χ2v) is 6.64. The largest absolute Gasteiger partial charge is 0.383 e. The number of nitrogen functional groups attached to an aromatic ring is 1. The number of carbonyl (C=O) groups excluding carboxylic acids is 1. The zero-order valence-electron chi connectivity index (χ0n) is 16.6. The van der Waals surface area contributed by atoms with Crippen LogP contribution in [0.3, 0.4) is 0 Å². The molecule has 1 aliphatic heterocycles. The predicted octanol–water partition coefficient (Wildman–Crippen LogP) is 0.0939. The molecule has 2 heterocycles. The van der Waals surface area contributed by atoms with Crippen molar-refractivity contribution in [2.24, 2.45) is 0 Å². The Hall–Kier alpha value is -2.17. The zero-order chi connectivity index (χ0) is 20.5. The highest BCUT2D eigenvalue weighted by molar-refractivity contribution is 5.95. The summed E-state index contributed by atoms with van der Waals surface area (Å²) < 4.78 is 17.3. The van der Waals surface area contributed by atoms with Crippen LogP contribution in [0.1, 0.15) is 32.6 Å². The third-order valence-corrected chi connectivity index (χ3v) is 4.54. The SMILES string of the molecule is CCCn1c(N)c(N(CCOC)C(=O)CCOCC2CCCO2)c(=O)[nH]c1=O. The van der Waals surface area contributed by atoms with E-state index >= 15 is 0 Å². The van der Waals surface area contributed by atoms with Gasteiger partial charge < -0.3 is 24.8 Å². The van der Waals surface area contributed by atoms with Gasteiger partial charge in [0, 0.05) is 26.8 Å². The number of ether oxygens (including phenoxy) is 3. The number of carbonyl (C=O) groups is 1. The number of aromatic nitrogens is 2. The zero-order valence-corrected chi connectivity index (χ0v) is 16.6. The number of aromatic amines is 1. The van der Waals surface area contributed by atoms with Gasteiger partial charge in [-0.15, -0.1) is 0 Å². The Labute approximate surface area is 163 Å². The van der Waals surface area contributed by atoms with E-state index < -0.39 is 11.2 Å². The molecule has 10 heteroatoms. The summed E-state index contributed by atoms with van der Waals surface area (Å²) in [5.74, 6) is -0.358. The number of nitrogens with one attached hydrogen (secondary N) is 1. The number of rotatable bonds is 11. The average molecular weight is 398 g/mol. The summed E-state index contributed by atoms with van der Waals surface area (Å²) >= 11 is 0. The number of nitrogens with two attached hydrogens (primary N) is 1. The lowest BCUT2D eigenvalue weighted by atomic mass is 10.2. The van der Waals surface area contributed by atoms with E-state index in [1.54, 1.807) is 0 Å². The number of hydrogen-bond donors (Lipinski definition) is 2. The first kappa shape index (κ1) is 22.1. The standard InChI is InChI=1S/C18H30N4O6/c1-3-7-22-16(19)15(17(24)20-18(22)25)21(8-11-26-2)14(23)6-10-27-12-13-5-4-9-28-13/h13H,3-12,19H2,1-2H3,(H,20,24,25). The van der Waals surface area contributed by atoms with Crippen molar-refractivity contribution in [2.45, 2.75) is 45.3 Å². The topological polar surface area (TPSA) is 129 Å². The van der Waals surface area contributed by atoms with Gasteiger partial charge in [0.05, 0.1) is 32.3 Å². The maximum atomic E-state index is 12.8. The van der Waals surface area contributed by atoms with Crippen LogP contribution in [0, 0.1) is 0 Å². The van der Waals surface area contributed by atoms with Crippen LogP contribution in [0.5, 0.6) is 0 Å². The van der Waals surface area contributed by atoms with Gasteiger partial charge in [0.15, 0.2) is 5.69 Å². The second kappa shape index (κ2) is 11.0. The van der Waals surface area contributed by atoms with E-state index in [1.165, 1.54) is 16.6 Å². The van der Waals surface area contributed by atoms with Crippen molar-refractivity contribution in [2.75, 3.05) is 50.7 Å². The van der Waals surface area contributed by atoms with Gasteiger partial charge in [-0.1, -0.05) is 6.92 Å². The first-order chi connectivity index (χ1) is 13.5. The molecular formula is C18H30N4O6. The molecular weight excluding hydrogens is 368 g/mol. The van der Waals surface area contributed by atoms with E-state index in [4.69, 9.17) is 19.9 Å². The minimum absolute atomic E-state index is 0.0275. The minimum atomic E-state index is -0.695. The third kappa shape index (κ3) is 5.66. The fourth-order valence-electron chi connectivity index (χ4n) is 3.11. The first-order valence-electron chi connectivity index (χ1n) is 9.60. The van der Waals surface area contributed by atoms with Crippen molar-refractivity contribution < 1.29 is 19.0 Å². The van der Waals surface area contributed by atoms with Crippen LogP contribution in [0.2, 0.25) is 0 Å². The van der Waals surface area contributed by atoms with E-state index in [1.807, 2.05) is 6.92 Å². The van der Waals surface area contributed by atoms with Gasteiger partial charge in [0.2, 0.25) is 5.91 Å². The Morgan fingerprint density at radius 1 is 1.39 bits per heavy atom. The molecule has 158 valence electrons. The van der Waals surface area contributed by atoms with Gasteiger partial charge in [0.1, 0.15) is 5.82 Å². The minimum Gasteiger partial charge on any atom is -0.383 e. The highest BCUT2D eigenvalue weighted by atomic mass is 16.5. The Morgan fingerprint density at radius 2 is 2.18 bits per heavy atom. The van der Waals surface area contributed by atoms with Crippen molar-refractivity contribution in [1.29, 1.82) is 0 Å². The lowest BCUT2D eigenvalue weighted by Crippen LogP contribution is -2.42. The van der Waals surface area contributed by atoms with Crippen LogP contribution >= 0.6 is 0 Å². The monoisotopic (exact) mass is 398 g/mol. The molecule has 0 radical (unpaired) electrons. The quantitative estimate of drug-likeness (QED) is 0.506. The van der Waals surface area contributed by atoms with Crippen molar-refractivity contribution in [1.82, 2.24) is 9.55 Å². The van der Waals surface area contributed by atoms with Gasteiger partial charge in [0.25, 0.3) is 5.56 Å². The highest BCUT2D eigenvalue weighted by Crippen LogP contribution is 2.18. The lowest BCUT2D eigenvalue weighted by molar-refractivity contribution is -0.120. The smallest absolute Gasteiger partial charge is 0.330 e. The maximum Gasteiger partial charge on any atom is 0.330 e. The van der Waals surface area contributed by atoms with E-state index in [0.29, 0.717) is 19.6 Å². The van der Waals surface area contributed by atoms with Crippen molar-refractivity contribution >= 4 is 17.4 Å². The molecule has 0 aliphatic carbocycles. The number of H-pyrrole nitrogens is 1. The summed E-state index contributed by atoms with van der Waals surface area (Å²) in [7, 11) is 1.50. The van der Waals surface area contributed by atoms with E-state index in [9.17, 15) is 14.4 Å². The fraction of sp³-hybridized carbons (Fsp3) is 0.722. The number of anilines is 2. The van der Waals surface area contributed by atoms with Gasteiger partial charge in [-0.25, -0.2) is 4.79 Å². The molecule has 1 amide bonds. The Bertz CT molecular complexity index is 753. The summed E-state index contributed by atoms with van der Waals surface area (Å²) in [5, 5.41) is 0. The first-order valence-corrected chi connectivity index (χ1v) is 9.60. The van der Waals surface area contributed by atoms with Gasteiger partial charge in [-0.05, 0) is 19.3 Å². The Kier molecular flexibility index (Phi) is 8.68. The summed E-state index contributed by atoms with van der Waals surface area (Å²) in [6.45, 7) is 3.96. The molecule has 1 aromatic rings. The van der Waals surface area contributed by atoms with Gasteiger partial charge >= 0.3 is 5.69 Å². The Balaban J connectivity index is 2.13. The molecule has 0 aromatic carbocycles. The summed E-state index contributed by atoms with van der Waals surface area (Å²) in [4.78, 5) is 40.7. The average Bonchev–Trinajstić information content (AvgIpc) is 3.18. The number of methoxy groups -OCH3 is 1. The van der Waals surface area contributed by atoms with Crippen molar-refractivity contribution in [3.63, 3.8) is 0 Å². The molecule has 1 aromatic heterocycles. The van der Waals surface area contributed by atoms with Crippen LogP contribution in [-0.2, 0) is 25.5 Å². The summed E-state index contributed by atoms with van der Waals surface area (Å²) in [6, 6.07) is 0. The van der Waals surface area contributed by atoms with Crippen LogP contribution in [0.4, 0.5) is 11.5 Å². The lowest BCUT2D eigenvalue weighted by Gasteiger charge is -2.24. The second-order valence-electron chi connectivity index (χ2n) is 6.64. The maximum absolute atomic E-state index is 12.8. The van der Waals surface area contributed by atoms with Crippen LogP contribution < -0.4 is 21.9 Å². The number of nitrogens with zero attached hydrogens (tertiary/aromatic N) is 2. The number of hydrogen-bond acceptors (Lipinski definition) is 7. The molecule has 1 aliphatic rings. The molecule has 1 saturated heterocycles. The third-order valence-electron chi connectivity index (χ3n) is 4.54. The highest BCUT2D eigenvalue weighted by Gasteiger charge is 2.24. The fourth-order valence-corrected chi connectivity index (χ4v) is 3.11. The summed E-state index contributed by atoms with van der Waals surface area (Å²) in [6.07, 6.45) is 2.78. The molecule has 1 atom stereocenters. The van der Waals surface area contributed by atoms with Crippen LogP contribution in [0.15, 0.2) is 9.59 Å². The van der Waals surface area contributed by atoms with Gasteiger partial charge in [-0.3, -0.25) is 19.1 Å².